The highest BCUT2D eigenvalue weighted by atomic mass is 16.2. The first kappa shape index (κ1) is 17.8. The van der Waals surface area contributed by atoms with Crippen LogP contribution in [0.1, 0.15) is 50.7 Å². The van der Waals surface area contributed by atoms with Crippen LogP contribution in [0.5, 0.6) is 0 Å². The van der Waals surface area contributed by atoms with Crippen LogP contribution in [0.2, 0.25) is 0 Å². The molecular formula is C20H32N2O. The molecule has 1 fully saturated rings. The van der Waals surface area contributed by atoms with Gasteiger partial charge in [-0.1, -0.05) is 38.8 Å². The van der Waals surface area contributed by atoms with Crippen LogP contribution < -0.4 is 4.90 Å². The summed E-state index contributed by atoms with van der Waals surface area (Å²) in [5, 5.41) is 0. The predicted molar refractivity (Wildman–Crippen MR) is 98.0 cm³/mol. The van der Waals surface area contributed by atoms with Crippen molar-refractivity contribution in [1.82, 2.24) is 4.90 Å². The third kappa shape index (κ3) is 4.27. The fraction of sp³-hybridized carbons (Fsp3) is 0.650. The van der Waals surface area contributed by atoms with Crippen LogP contribution in [0.15, 0.2) is 18.2 Å². The Labute approximate surface area is 141 Å². The number of rotatable bonds is 6. The van der Waals surface area contributed by atoms with E-state index < -0.39 is 0 Å². The summed E-state index contributed by atoms with van der Waals surface area (Å²) in [5.41, 5.74) is 4.03. The van der Waals surface area contributed by atoms with E-state index in [9.17, 15) is 4.79 Å². The number of hydrogen-bond donors (Lipinski definition) is 0. The van der Waals surface area contributed by atoms with Gasteiger partial charge in [-0.15, -0.1) is 0 Å². The summed E-state index contributed by atoms with van der Waals surface area (Å²) < 4.78 is 0. The molecule has 0 unspecified atom stereocenters. The predicted octanol–water partition coefficient (Wildman–Crippen LogP) is 4.17. The van der Waals surface area contributed by atoms with Gasteiger partial charge < -0.3 is 9.80 Å². The van der Waals surface area contributed by atoms with E-state index >= 15 is 0 Å². The van der Waals surface area contributed by atoms with E-state index in [1.54, 1.807) is 0 Å². The lowest BCUT2D eigenvalue weighted by Crippen LogP contribution is -2.50. The number of amides is 1. The summed E-state index contributed by atoms with van der Waals surface area (Å²) in [5.74, 6) is 0.601. The number of nitrogens with zero attached hydrogens (tertiary/aromatic N) is 2. The standard InChI is InChI=1S/C20H32N2O/c1-5-7-10-18(6-2)20(23)22-14-12-21(13-15-22)19-11-8-9-16(3)17(19)4/h8-9,11,18H,5-7,10,12-15H2,1-4H3/t18-/m1/s1. The molecule has 1 aliphatic rings. The van der Waals surface area contributed by atoms with Gasteiger partial charge in [-0.3, -0.25) is 4.79 Å². The lowest BCUT2D eigenvalue weighted by Gasteiger charge is -2.38. The van der Waals surface area contributed by atoms with Gasteiger partial charge in [0.2, 0.25) is 5.91 Å². The van der Waals surface area contributed by atoms with Crippen molar-refractivity contribution >= 4 is 11.6 Å². The zero-order valence-corrected chi connectivity index (χ0v) is 15.3. The molecule has 0 saturated carbocycles. The Morgan fingerprint density at radius 2 is 1.83 bits per heavy atom. The Morgan fingerprint density at radius 1 is 1.13 bits per heavy atom. The molecule has 23 heavy (non-hydrogen) atoms. The van der Waals surface area contributed by atoms with Crippen molar-refractivity contribution < 1.29 is 4.79 Å². The third-order valence-corrected chi connectivity index (χ3v) is 5.26. The molecule has 0 N–H and O–H groups in total. The molecule has 3 nitrogen and oxygen atoms in total. The highest BCUT2D eigenvalue weighted by Crippen LogP contribution is 2.25. The maximum atomic E-state index is 12.7. The summed E-state index contributed by atoms with van der Waals surface area (Å²) >= 11 is 0. The monoisotopic (exact) mass is 316 g/mol. The van der Waals surface area contributed by atoms with Crippen LogP contribution in [-0.2, 0) is 4.79 Å². The Morgan fingerprint density at radius 3 is 2.43 bits per heavy atom. The molecule has 0 aromatic heterocycles. The fourth-order valence-electron chi connectivity index (χ4n) is 3.46. The third-order valence-electron chi connectivity index (χ3n) is 5.26. The minimum absolute atomic E-state index is 0.224. The minimum atomic E-state index is 0.224. The van der Waals surface area contributed by atoms with Gasteiger partial charge in [0.25, 0.3) is 0 Å². The normalized spacial score (nSPS) is 16.5. The summed E-state index contributed by atoms with van der Waals surface area (Å²) in [6, 6.07) is 6.50. The molecule has 1 aromatic carbocycles. The second kappa shape index (κ2) is 8.37. The highest BCUT2D eigenvalue weighted by Gasteiger charge is 2.26. The number of carbonyl (C=O) groups is 1. The smallest absolute Gasteiger partial charge is 0.225 e. The van der Waals surface area contributed by atoms with Crippen LogP contribution in [0.25, 0.3) is 0 Å². The molecular weight excluding hydrogens is 284 g/mol. The molecule has 1 aromatic rings. The van der Waals surface area contributed by atoms with Gasteiger partial charge in [0.15, 0.2) is 0 Å². The number of piperazine rings is 1. The molecule has 1 heterocycles. The maximum Gasteiger partial charge on any atom is 0.225 e. The van der Waals surface area contributed by atoms with Crippen LogP contribution in [-0.4, -0.2) is 37.0 Å². The Balaban J connectivity index is 1.95. The van der Waals surface area contributed by atoms with Gasteiger partial charge in [-0.05, 0) is 43.9 Å². The summed E-state index contributed by atoms with van der Waals surface area (Å²) in [6.45, 7) is 12.3. The van der Waals surface area contributed by atoms with E-state index in [2.05, 4.69) is 55.7 Å². The number of carbonyl (C=O) groups excluding carboxylic acids is 1. The molecule has 1 saturated heterocycles. The fourth-order valence-corrected chi connectivity index (χ4v) is 3.46. The quantitative estimate of drug-likeness (QED) is 0.786. The molecule has 1 atom stereocenters. The van der Waals surface area contributed by atoms with Gasteiger partial charge in [-0.25, -0.2) is 0 Å². The average molecular weight is 316 g/mol. The van der Waals surface area contributed by atoms with Crippen molar-refractivity contribution in [1.29, 1.82) is 0 Å². The molecule has 128 valence electrons. The number of hydrogen-bond acceptors (Lipinski definition) is 2. The zero-order valence-electron chi connectivity index (χ0n) is 15.3. The topological polar surface area (TPSA) is 23.6 Å². The molecule has 3 heteroatoms. The van der Waals surface area contributed by atoms with Gasteiger partial charge in [0.05, 0.1) is 0 Å². The van der Waals surface area contributed by atoms with Gasteiger partial charge in [0.1, 0.15) is 0 Å². The highest BCUT2D eigenvalue weighted by molar-refractivity contribution is 5.79. The van der Waals surface area contributed by atoms with Crippen molar-refractivity contribution in [3.63, 3.8) is 0 Å². The van der Waals surface area contributed by atoms with E-state index in [4.69, 9.17) is 0 Å². The largest absolute Gasteiger partial charge is 0.368 e. The van der Waals surface area contributed by atoms with Crippen molar-refractivity contribution in [2.75, 3.05) is 31.1 Å². The van der Waals surface area contributed by atoms with Crippen molar-refractivity contribution in [2.45, 2.75) is 53.4 Å². The van der Waals surface area contributed by atoms with E-state index in [1.807, 2.05) is 0 Å². The summed E-state index contributed by atoms with van der Waals surface area (Å²) in [7, 11) is 0. The van der Waals surface area contributed by atoms with E-state index in [0.29, 0.717) is 5.91 Å². The lowest BCUT2D eigenvalue weighted by molar-refractivity contribution is -0.136. The van der Waals surface area contributed by atoms with Gasteiger partial charge >= 0.3 is 0 Å². The Bertz CT molecular complexity index is 518. The van der Waals surface area contributed by atoms with Gasteiger partial charge in [0, 0.05) is 37.8 Å². The number of aryl methyl sites for hydroxylation is 1. The summed E-state index contributed by atoms with van der Waals surface area (Å²) in [4.78, 5) is 17.2. The SMILES string of the molecule is CCCC[C@@H](CC)C(=O)N1CCN(c2cccc(C)c2C)CC1. The number of anilines is 1. The molecule has 0 spiro atoms. The first-order valence-electron chi connectivity index (χ1n) is 9.18. The summed E-state index contributed by atoms with van der Waals surface area (Å²) in [6.07, 6.45) is 4.34. The molecule has 1 aliphatic heterocycles. The minimum Gasteiger partial charge on any atom is -0.368 e. The van der Waals surface area contributed by atoms with Gasteiger partial charge in [-0.2, -0.15) is 0 Å². The Kier molecular flexibility index (Phi) is 6.49. The second-order valence-corrected chi connectivity index (χ2v) is 6.78. The first-order valence-corrected chi connectivity index (χ1v) is 9.18. The number of benzene rings is 1. The van der Waals surface area contributed by atoms with Crippen LogP contribution in [0, 0.1) is 19.8 Å². The van der Waals surface area contributed by atoms with Crippen LogP contribution in [0.4, 0.5) is 5.69 Å². The van der Waals surface area contributed by atoms with Crippen molar-refractivity contribution in [3.05, 3.63) is 29.3 Å². The lowest BCUT2D eigenvalue weighted by atomic mass is 9.97. The number of unbranched alkanes of at least 4 members (excludes halogenated alkanes) is 1. The Hall–Kier alpha value is -1.51. The van der Waals surface area contributed by atoms with Crippen LogP contribution >= 0.6 is 0 Å². The average Bonchev–Trinajstić information content (AvgIpc) is 2.58. The zero-order chi connectivity index (χ0) is 16.8. The molecule has 0 radical (unpaired) electrons. The second-order valence-electron chi connectivity index (χ2n) is 6.78. The van der Waals surface area contributed by atoms with Crippen LogP contribution in [0.3, 0.4) is 0 Å². The first-order chi connectivity index (χ1) is 11.1. The van der Waals surface area contributed by atoms with E-state index in [1.165, 1.54) is 23.2 Å². The van der Waals surface area contributed by atoms with E-state index in [-0.39, 0.29) is 5.92 Å². The molecule has 2 rings (SSSR count). The molecule has 1 amide bonds. The van der Waals surface area contributed by atoms with Crippen molar-refractivity contribution in [3.8, 4) is 0 Å². The van der Waals surface area contributed by atoms with E-state index in [0.717, 1.165) is 45.4 Å². The molecule has 0 bridgehead atoms. The maximum absolute atomic E-state index is 12.7. The van der Waals surface area contributed by atoms with Crippen molar-refractivity contribution in [2.24, 2.45) is 5.92 Å². The molecule has 0 aliphatic carbocycles.